The number of benzene rings is 2. The topological polar surface area (TPSA) is 53.0 Å². The van der Waals surface area contributed by atoms with Gasteiger partial charge in [0.1, 0.15) is 17.4 Å². The Hall–Kier alpha value is -1.79. The highest BCUT2D eigenvalue weighted by molar-refractivity contribution is 6.42. The largest absolute Gasteiger partial charge is 0.490 e. The van der Waals surface area contributed by atoms with Gasteiger partial charge in [0.15, 0.2) is 0 Å². The molecule has 0 bridgehead atoms. The third kappa shape index (κ3) is 4.94. The molecule has 2 aromatic rings. The van der Waals surface area contributed by atoms with E-state index in [1.807, 2.05) is 18.2 Å². The third-order valence-electron chi connectivity index (χ3n) is 7.95. The normalized spacial score (nSPS) is 21.9. The predicted octanol–water partition coefficient (Wildman–Crippen LogP) is 5.17. The standard InChI is InChI=1S/C27H32Cl2N2O3/c28-24-6-5-23(15-25(24)29)34-22-9-11-30(12-10-22)18-19-7-13-31(14-8-19)27(26(32)33)16-20-3-1-2-4-21(20)17-27/h1-6,15,19,22H,7-14,16-18H2,(H,32,33). The number of ether oxygens (including phenoxy) is 1. The summed E-state index contributed by atoms with van der Waals surface area (Å²) >= 11 is 12.1. The minimum atomic E-state index is -0.769. The van der Waals surface area contributed by atoms with Gasteiger partial charge in [-0.05, 0) is 68.0 Å². The van der Waals surface area contributed by atoms with Gasteiger partial charge in [0.05, 0.1) is 10.0 Å². The van der Waals surface area contributed by atoms with Crippen molar-refractivity contribution in [1.82, 2.24) is 9.80 Å². The first-order valence-corrected chi connectivity index (χ1v) is 13.1. The lowest BCUT2D eigenvalue weighted by Gasteiger charge is -2.43. The van der Waals surface area contributed by atoms with Crippen molar-refractivity contribution in [3.05, 3.63) is 63.6 Å². The number of fused-ring (bicyclic) bond motifs is 1. The molecule has 1 aliphatic carbocycles. The van der Waals surface area contributed by atoms with E-state index in [1.165, 1.54) is 11.1 Å². The van der Waals surface area contributed by atoms with Crippen LogP contribution in [0.25, 0.3) is 0 Å². The second-order valence-corrected chi connectivity index (χ2v) is 10.9. The van der Waals surface area contributed by atoms with E-state index in [0.717, 1.165) is 64.2 Å². The number of aliphatic carboxylic acids is 1. The number of halogens is 2. The molecule has 5 rings (SSSR count). The molecule has 5 nitrogen and oxygen atoms in total. The van der Waals surface area contributed by atoms with Gasteiger partial charge in [-0.25, -0.2) is 0 Å². The summed E-state index contributed by atoms with van der Waals surface area (Å²) < 4.78 is 6.13. The van der Waals surface area contributed by atoms with Gasteiger partial charge in [-0.3, -0.25) is 9.69 Å². The van der Waals surface area contributed by atoms with Crippen molar-refractivity contribution in [3.8, 4) is 5.75 Å². The van der Waals surface area contributed by atoms with Crippen LogP contribution in [-0.4, -0.2) is 65.2 Å². The monoisotopic (exact) mass is 502 g/mol. The Morgan fingerprint density at radius 2 is 1.59 bits per heavy atom. The molecule has 0 atom stereocenters. The molecule has 34 heavy (non-hydrogen) atoms. The molecule has 2 aliphatic heterocycles. The van der Waals surface area contributed by atoms with Crippen LogP contribution in [0.4, 0.5) is 0 Å². The number of carboxylic acid groups (broad SMARTS) is 1. The maximum Gasteiger partial charge on any atom is 0.324 e. The molecule has 0 radical (unpaired) electrons. The third-order valence-corrected chi connectivity index (χ3v) is 8.69. The van der Waals surface area contributed by atoms with Gasteiger partial charge in [0.2, 0.25) is 0 Å². The highest BCUT2D eigenvalue weighted by atomic mass is 35.5. The quantitative estimate of drug-likeness (QED) is 0.590. The van der Waals surface area contributed by atoms with E-state index in [2.05, 4.69) is 21.9 Å². The Bertz CT molecular complexity index is 1010. The van der Waals surface area contributed by atoms with E-state index in [1.54, 1.807) is 12.1 Å². The summed E-state index contributed by atoms with van der Waals surface area (Å²) in [6.07, 6.45) is 5.56. The smallest absolute Gasteiger partial charge is 0.324 e. The maximum absolute atomic E-state index is 12.4. The molecule has 2 fully saturated rings. The number of hydrogen-bond donors (Lipinski definition) is 1. The summed E-state index contributed by atoms with van der Waals surface area (Å²) in [6, 6.07) is 13.6. The molecule has 0 saturated carbocycles. The Morgan fingerprint density at radius 3 is 2.18 bits per heavy atom. The SMILES string of the molecule is O=C(O)C1(N2CCC(CN3CCC(Oc4ccc(Cl)c(Cl)c4)CC3)CC2)Cc2ccccc2C1. The van der Waals surface area contributed by atoms with Crippen LogP contribution in [-0.2, 0) is 17.6 Å². The van der Waals surface area contributed by atoms with Crippen LogP contribution in [0.2, 0.25) is 10.0 Å². The average Bonchev–Trinajstić information content (AvgIpc) is 3.24. The summed E-state index contributed by atoms with van der Waals surface area (Å²) in [5.74, 6) is 0.728. The van der Waals surface area contributed by atoms with E-state index in [-0.39, 0.29) is 6.10 Å². The first-order valence-electron chi connectivity index (χ1n) is 12.3. The molecule has 2 aromatic carbocycles. The number of nitrogens with zero attached hydrogens (tertiary/aromatic N) is 2. The van der Waals surface area contributed by atoms with E-state index in [9.17, 15) is 9.90 Å². The van der Waals surface area contributed by atoms with Gasteiger partial charge < -0.3 is 14.7 Å². The summed E-state index contributed by atoms with van der Waals surface area (Å²) in [7, 11) is 0. The van der Waals surface area contributed by atoms with Gasteiger partial charge in [0.25, 0.3) is 0 Å². The highest BCUT2D eigenvalue weighted by Crippen LogP contribution is 2.37. The molecule has 3 aliphatic rings. The van der Waals surface area contributed by atoms with Crippen LogP contribution in [0, 0.1) is 5.92 Å². The van der Waals surface area contributed by atoms with Gasteiger partial charge in [-0.2, -0.15) is 0 Å². The van der Waals surface area contributed by atoms with Gasteiger partial charge in [-0.15, -0.1) is 0 Å². The van der Waals surface area contributed by atoms with Crippen molar-refractivity contribution in [2.75, 3.05) is 32.7 Å². The fourth-order valence-corrected chi connectivity index (χ4v) is 6.25. The molecule has 0 amide bonds. The second kappa shape index (κ2) is 10.1. The second-order valence-electron chi connectivity index (χ2n) is 10.1. The fourth-order valence-electron chi connectivity index (χ4n) is 5.97. The van der Waals surface area contributed by atoms with Gasteiger partial charge in [-0.1, -0.05) is 47.5 Å². The lowest BCUT2D eigenvalue weighted by molar-refractivity contribution is -0.152. The van der Waals surface area contributed by atoms with Gasteiger partial charge >= 0.3 is 5.97 Å². The van der Waals surface area contributed by atoms with Crippen molar-refractivity contribution in [2.45, 2.75) is 50.2 Å². The van der Waals surface area contributed by atoms with E-state index in [4.69, 9.17) is 27.9 Å². The molecule has 1 N–H and O–H groups in total. The van der Waals surface area contributed by atoms with Crippen LogP contribution in [0.1, 0.15) is 36.8 Å². The van der Waals surface area contributed by atoms with Crippen LogP contribution in [0.5, 0.6) is 5.75 Å². The summed E-state index contributed by atoms with van der Waals surface area (Å²) in [5, 5.41) is 11.3. The molecule has 7 heteroatoms. The Balaban J connectivity index is 1.10. The number of carboxylic acids is 1. The molecule has 0 unspecified atom stereocenters. The van der Waals surface area contributed by atoms with Crippen molar-refractivity contribution in [2.24, 2.45) is 5.92 Å². The van der Waals surface area contributed by atoms with Crippen molar-refractivity contribution in [1.29, 1.82) is 0 Å². The van der Waals surface area contributed by atoms with Crippen LogP contribution in [0.15, 0.2) is 42.5 Å². The average molecular weight is 503 g/mol. The number of rotatable bonds is 6. The number of piperidine rings is 2. The first kappa shape index (κ1) is 23.9. The molecule has 0 aromatic heterocycles. The lowest BCUT2D eigenvalue weighted by Crippen LogP contribution is -2.58. The molecular weight excluding hydrogens is 471 g/mol. The minimum absolute atomic E-state index is 0.203. The van der Waals surface area contributed by atoms with E-state index < -0.39 is 11.5 Å². The summed E-state index contributed by atoms with van der Waals surface area (Å²) in [6.45, 7) is 4.87. The lowest BCUT2D eigenvalue weighted by atomic mass is 9.87. The Morgan fingerprint density at radius 1 is 0.941 bits per heavy atom. The predicted molar refractivity (Wildman–Crippen MR) is 135 cm³/mol. The number of hydrogen-bond acceptors (Lipinski definition) is 4. The summed E-state index contributed by atoms with van der Waals surface area (Å²) in [4.78, 5) is 17.2. The summed E-state index contributed by atoms with van der Waals surface area (Å²) in [5.41, 5.74) is 1.62. The van der Waals surface area contributed by atoms with Crippen molar-refractivity contribution in [3.63, 3.8) is 0 Å². The first-order chi connectivity index (χ1) is 16.4. The van der Waals surface area contributed by atoms with E-state index in [0.29, 0.717) is 28.8 Å². The molecule has 182 valence electrons. The zero-order chi connectivity index (χ0) is 23.7. The molecule has 2 heterocycles. The Kier molecular flexibility index (Phi) is 7.08. The van der Waals surface area contributed by atoms with Gasteiger partial charge in [0, 0.05) is 38.5 Å². The minimum Gasteiger partial charge on any atom is -0.490 e. The van der Waals surface area contributed by atoms with Crippen LogP contribution in [0.3, 0.4) is 0 Å². The number of likely N-dealkylation sites (tertiary alicyclic amines) is 2. The van der Waals surface area contributed by atoms with Crippen molar-refractivity contribution >= 4 is 29.2 Å². The maximum atomic E-state index is 12.4. The highest BCUT2D eigenvalue weighted by Gasteiger charge is 2.49. The van der Waals surface area contributed by atoms with Crippen LogP contribution < -0.4 is 4.74 Å². The molecule has 0 spiro atoms. The van der Waals surface area contributed by atoms with Crippen LogP contribution >= 0.6 is 23.2 Å². The zero-order valence-corrected chi connectivity index (χ0v) is 20.9. The molecule has 2 saturated heterocycles. The van der Waals surface area contributed by atoms with Crippen molar-refractivity contribution < 1.29 is 14.6 Å². The van der Waals surface area contributed by atoms with E-state index >= 15 is 0 Å². The number of carbonyl (C=O) groups is 1. The Labute approximate surface area is 211 Å². The fraction of sp³-hybridized carbons (Fsp3) is 0.519. The molecular formula is C27H32Cl2N2O3. The zero-order valence-electron chi connectivity index (χ0n) is 19.4.